The minimum Gasteiger partial charge on any atom is -0.316 e. The van der Waals surface area contributed by atoms with Crippen LogP contribution in [0.15, 0.2) is 24.3 Å². The number of hydrogen-bond acceptors (Lipinski definition) is 5. The van der Waals surface area contributed by atoms with Gasteiger partial charge in [0.2, 0.25) is 10.0 Å². The Kier molecular flexibility index (Phi) is 4.80. The van der Waals surface area contributed by atoms with Gasteiger partial charge in [-0.2, -0.15) is 0 Å². The normalized spacial score (nSPS) is 18.6. The molecule has 0 aliphatic carbocycles. The van der Waals surface area contributed by atoms with Crippen molar-refractivity contribution in [2.24, 2.45) is 0 Å². The number of benzene rings is 1. The van der Waals surface area contributed by atoms with Crippen LogP contribution in [0.1, 0.15) is 10.4 Å². The zero-order chi connectivity index (χ0) is 15.6. The van der Waals surface area contributed by atoms with Crippen LogP contribution < -0.4 is 4.72 Å². The van der Waals surface area contributed by atoms with Gasteiger partial charge >= 0.3 is 0 Å². The first-order valence-electron chi connectivity index (χ1n) is 5.94. The molecule has 1 atom stereocenters. The number of amides is 2. The lowest BCUT2D eigenvalue weighted by Gasteiger charge is -2.22. The van der Waals surface area contributed by atoms with E-state index < -0.39 is 22.0 Å². The van der Waals surface area contributed by atoms with Crippen molar-refractivity contribution >= 4 is 45.2 Å². The van der Waals surface area contributed by atoms with Gasteiger partial charge in [-0.1, -0.05) is 11.6 Å². The SMILES string of the molecule is CS(=O)(=O)NC(=O)C1CSCN1C(=O)c1ccc(Cl)cc1. The highest BCUT2D eigenvalue weighted by atomic mass is 35.5. The Bertz CT molecular complexity index is 660. The summed E-state index contributed by atoms with van der Waals surface area (Å²) in [7, 11) is -3.64. The first-order chi connectivity index (χ1) is 9.78. The maximum Gasteiger partial charge on any atom is 0.257 e. The van der Waals surface area contributed by atoms with Crippen LogP contribution in [0.3, 0.4) is 0 Å². The molecule has 1 heterocycles. The van der Waals surface area contributed by atoms with Crippen molar-refractivity contribution in [2.75, 3.05) is 17.9 Å². The molecule has 1 N–H and O–H groups in total. The lowest BCUT2D eigenvalue weighted by Crippen LogP contribution is -2.48. The smallest absolute Gasteiger partial charge is 0.257 e. The molecule has 1 aromatic rings. The van der Waals surface area contributed by atoms with Crippen LogP contribution in [0.25, 0.3) is 0 Å². The quantitative estimate of drug-likeness (QED) is 0.878. The lowest BCUT2D eigenvalue weighted by atomic mass is 10.1. The summed E-state index contributed by atoms with van der Waals surface area (Å²) in [6.07, 6.45) is 0.901. The monoisotopic (exact) mass is 348 g/mol. The third-order valence-electron chi connectivity index (χ3n) is 2.82. The van der Waals surface area contributed by atoms with Gasteiger partial charge in [-0.25, -0.2) is 8.42 Å². The second-order valence-corrected chi connectivity index (χ2v) is 7.72. The van der Waals surface area contributed by atoms with Crippen LogP contribution in [-0.4, -0.2) is 49.1 Å². The molecule has 1 aliphatic rings. The molecule has 1 saturated heterocycles. The molecule has 1 aliphatic heterocycles. The fraction of sp³-hybridized carbons (Fsp3) is 0.333. The van der Waals surface area contributed by atoms with Gasteiger partial charge in [0, 0.05) is 16.3 Å². The molecule has 0 bridgehead atoms. The number of nitrogens with one attached hydrogen (secondary N) is 1. The maximum atomic E-state index is 12.4. The molecule has 6 nitrogen and oxygen atoms in total. The van der Waals surface area contributed by atoms with Crippen molar-refractivity contribution in [1.82, 2.24) is 9.62 Å². The molecule has 0 saturated carbocycles. The molecule has 9 heteroatoms. The van der Waals surface area contributed by atoms with Gasteiger partial charge in [0.15, 0.2) is 0 Å². The van der Waals surface area contributed by atoms with E-state index in [-0.39, 0.29) is 5.91 Å². The highest BCUT2D eigenvalue weighted by molar-refractivity contribution is 7.99. The minimum absolute atomic E-state index is 0.328. The Morgan fingerprint density at radius 3 is 2.52 bits per heavy atom. The highest BCUT2D eigenvalue weighted by Gasteiger charge is 2.36. The van der Waals surface area contributed by atoms with E-state index in [0.29, 0.717) is 22.2 Å². The molecule has 0 spiro atoms. The largest absolute Gasteiger partial charge is 0.316 e. The number of sulfonamides is 1. The van der Waals surface area contributed by atoms with E-state index in [1.165, 1.54) is 16.7 Å². The van der Waals surface area contributed by atoms with Crippen molar-refractivity contribution in [1.29, 1.82) is 0 Å². The Morgan fingerprint density at radius 1 is 1.33 bits per heavy atom. The van der Waals surface area contributed by atoms with Crippen LogP contribution >= 0.6 is 23.4 Å². The van der Waals surface area contributed by atoms with Crippen LogP contribution in [0.5, 0.6) is 0 Å². The van der Waals surface area contributed by atoms with Crippen molar-refractivity contribution in [2.45, 2.75) is 6.04 Å². The third-order valence-corrected chi connectivity index (χ3v) is 4.66. The van der Waals surface area contributed by atoms with Gasteiger partial charge in [-0.15, -0.1) is 11.8 Å². The van der Waals surface area contributed by atoms with E-state index in [9.17, 15) is 18.0 Å². The standard InChI is InChI=1S/C12H13ClN2O4S2/c1-21(18,19)14-11(16)10-6-20-7-15(10)12(17)8-2-4-9(13)5-3-8/h2-5,10H,6-7H2,1H3,(H,14,16). The van der Waals surface area contributed by atoms with Crippen LogP contribution in [-0.2, 0) is 14.8 Å². The zero-order valence-electron chi connectivity index (χ0n) is 11.1. The molecule has 0 radical (unpaired) electrons. The summed E-state index contributed by atoms with van der Waals surface area (Å²) in [6, 6.07) is 5.51. The molecule has 1 unspecified atom stereocenters. The van der Waals surface area contributed by atoms with E-state index in [2.05, 4.69) is 0 Å². The van der Waals surface area contributed by atoms with Crippen molar-refractivity contribution in [3.8, 4) is 0 Å². The summed E-state index contributed by atoms with van der Waals surface area (Å²) in [5.74, 6) is -0.320. The van der Waals surface area contributed by atoms with Crippen molar-refractivity contribution in [3.05, 3.63) is 34.9 Å². The van der Waals surface area contributed by atoms with E-state index in [0.717, 1.165) is 6.26 Å². The number of nitrogens with zero attached hydrogens (tertiary/aromatic N) is 1. The molecule has 0 aromatic heterocycles. The van der Waals surface area contributed by atoms with Gasteiger partial charge in [0.1, 0.15) is 6.04 Å². The molecule has 21 heavy (non-hydrogen) atoms. The van der Waals surface area contributed by atoms with Crippen LogP contribution in [0.4, 0.5) is 0 Å². The summed E-state index contributed by atoms with van der Waals surface area (Å²) in [6.45, 7) is 0. The van der Waals surface area contributed by atoms with Gasteiger partial charge in [0.25, 0.3) is 11.8 Å². The highest BCUT2D eigenvalue weighted by Crippen LogP contribution is 2.24. The fourth-order valence-corrected chi connectivity index (χ4v) is 3.65. The molecule has 1 aromatic carbocycles. The molecule has 2 rings (SSSR count). The molecular formula is C12H13ClN2O4S2. The van der Waals surface area contributed by atoms with Crippen molar-refractivity contribution in [3.63, 3.8) is 0 Å². The molecule has 1 fully saturated rings. The summed E-state index contributed by atoms with van der Waals surface area (Å²) >= 11 is 7.16. The van der Waals surface area contributed by atoms with E-state index in [1.807, 2.05) is 4.72 Å². The van der Waals surface area contributed by atoms with E-state index >= 15 is 0 Å². The number of rotatable bonds is 3. The van der Waals surface area contributed by atoms with Gasteiger partial charge in [0.05, 0.1) is 12.1 Å². The molecule has 2 amide bonds. The predicted molar refractivity (Wildman–Crippen MR) is 81.7 cm³/mol. The zero-order valence-corrected chi connectivity index (χ0v) is 13.5. The molecular weight excluding hydrogens is 336 g/mol. The Morgan fingerprint density at radius 2 is 1.95 bits per heavy atom. The number of halogens is 1. The number of carbonyl (C=O) groups excluding carboxylic acids is 2. The predicted octanol–water partition coefficient (Wildman–Crippen LogP) is 0.931. The number of thioether (sulfide) groups is 1. The van der Waals surface area contributed by atoms with Crippen LogP contribution in [0.2, 0.25) is 5.02 Å². The Hall–Kier alpha value is -1.25. The van der Waals surface area contributed by atoms with Crippen molar-refractivity contribution < 1.29 is 18.0 Å². The first-order valence-corrected chi connectivity index (χ1v) is 9.36. The Labute approximate surface area is 131 Å². The first kappa shape index (κ1) is 16.1. The minimum atomic E-state index is -3.64. The van der Waals surface area contributed by atoms with Crippen LogP contribution in [0, 0.1) is 0 Å². The van der Waals surface area contributed by atoms with E-state index in [1.54, 1.807) is 24.3 Å². The van der Waals surface area contributed by atoms with Gasteiger partial charge in [-0.3, -0.25) is 14.3 Å². The summed E-state index contributed by atoms with van der Waals surface area (Å²) in [4.78, 5) is 25.7. The maximum absolute atomic E-state index is 12.4. The summed E-state index contributed by atoms with van der Waals surface area (Å²) in [5, 5.41) is 0.508. The second-order valence-electron chi connectivity index (χ2n) is 4.54. The Balaban J connectivity index is 2.16. The third kappa shape index (κ3) is 4.12. The lowest BCUT2D eigenvalue weighted by molar-refractivity contribution is -0.122. The second kappa shape index (κ2) is 6.25. The van der Waals surface area contributed by atoms with Gasteiger partial charge in [-0.05, 0) is 24.3 Å². The average Bonchev–Trinajstić information content (AvgIpc) is 2.86. The fourth-order valence-electron chi connectivity index (χ4n) is 1.87. The van der Waals surface area contributed by atoms with E-state index in [4.69, 9.17) is 11.6 Å². The number of hydrogen-bond donors (Lipinski definition) is 1. The van der Waals surface area contributed by atoms with Gasteiger partial charge < -0.3 is 4.90 Å². The summed E-state index contributed by atoms with van der Waals surface area (Å²) in [5.41, 5.74) is 0.402. The number of carbonyl (C=O) groups is 2. The molecule has 114 valence electrons. The average molecular weight is 349 g/mol. The topological polar surface area (TPSA) is 83.6 Å². The summed E-state index contributed by atoms with van der Waals surface area (Å²) < 4.78 is 24.2.